The SMILES string of the molecule is C[C@H](NC(=O)CN1CCN(CC(=O)N2CCCCC2)CC1)c1ccccc1. The van der Waals surface area contributed by atoms with Gasteiger partial charge in [-0.2, -0.15) is 0 Å². The van der Waals surface area contributed by atoms with E-state index in [2.05, 4.69) is 15.1 Å². The van der Waals surface area contributed by atoms with Crippen LogP contribution in [0.3, 0.4) is 0 Å². The molecule has 0 aromatic heterocycles. The lowest BCUT2D eigenvalue weighted by atomic mass is 10.1. The van der Waals surface area contributed by atoms with Crippen LogP contribution < -0.4 is 5.32 Å². The van der Waals surface area contributed by atoms with E-state index in [1.54, 1.807) is 0 Å². The molecule has 1 aromatic carbocycles. The van der Waals surface area contributed by atoms with Crippen molar-refractivity contribution in [1.29, 1.82) is 0 Å². The Morgan fingerprint density at radius 3 is 2.11 bits per heavy atom. The van der Waals surface area contributed by atoms with Crippen molar-refractivity contribution in [2.45, 2.75) is 32.2 Å². The molecule has 148 valence electrons. The van der Waals surface area contributed by atoms with E-state index in [1.807, 2.05) is 42.2 Å². The first-order chi connectivity index (χ1) is 13.1. The second-order valence-corrected chi connectivity index (χ2v) is 7.69. The topological polar surface area (TPSA) is 55.9 Å². The molecule has 2 saturated heterocycles. The molecular weight excluding hydrogens is 340 g/mol. The Bertz CT molecular complexity index is 608. The number of carbonyl (C=O) groups is 2. The summed E-state index contributed by atoms with van der Waals surface area (Å²) in [7, 11) is 0. The van der Waals surface area contributed by atoms with Gasteiger partial charge in [-0.05, 0) is 31.7 Å². The van der Waals surface area contributed by atoms with Gasteiger partial charge in [0.1, 0.15) is 0 Å². The largest absolute Gasteiger partial charge is 0.348 e. The van der Waals surface area contributed by atoms with Crippen molar-refractivity contribution in [3.63, 3.8) is 0 Å². The maximum Gasteiger partial charge on any atom is 0.236 e. The lowest BCUT2D eigenvalue weighted by Gasteiger charge is -2.35. The normalized spacial score (nSPS) is 20.3. The average Bonchev–Trinajstić information content (AvgIpc) is 2.70. The van der Waals surface area contributed by atoms with Crippen LogP contribution in [0.4, 0.5) is 0 Å². The summed E-state index contributed by atoms with van der Waals surface area (Å²) in [5.74, 6) is 0.321. The second-order valence-electron chi connectivity index (χ2n) is 7.69. The molecule has 0 spiro atoms. The number of benzene rings is 1. The lowest BCUT2D eigenvalue weighted by Crippen LogP contribution is -2.52. The monoisotopic (exact) mass is 372 g/mol. The van der Waals surface area contributed by atoms with Gasteiger partial charge in [0.25, 0.3) is 0 Å². The van der Waals surface area contributed by atoms with Crippen LogP contribution >= 0.6 is 0 Å². The van der Waals surface area contributed by atoms with Crippen molar-refractivity contribution >= 4 is 11.8 Å². The molecular formula is C21H32N4O2. The minimum absolute atomic E-state index is 0.0159. The highest BCUT2D eigenvalue weighted by molar-refractivity contribution is 5.79. The summed E-state index contributed by atoms with van der Waals surface area (Å²) in [6.45, 7) is 8.15. The van der Waals surface area contributed by atoms with E-state index < -0.39 is 0 Å². The van der Waals surface area contributed by atoms with E-state index >= 15 is 0 Å². The summed E-state index contributed by atoms with van der Waals surface area (Å²) in [6.07, 6.45) is 3.51. The Morgan fingerprint density at radius 2 is 1.48 bits per heavy atom. The Balaban J connectivity index is 1.36. The summed E-state index contributed by atoms with van der Waals surface area (Å²) in [4.78, 5) is 31.1. The van der Waals surface area contributed by atoms with Crippen LogP contribution in [0.15, 0.2) is 30.3 Å². The van der Waals surface area contributed by atoms with E-state index in [0.29, 0.717) is 13.1 Å². The van der Waals surface area contributed by atoms with E-state index in [1.165, 1.54) is 6.42 Å². The standard InChI is InChI=1S/C21H32N4O2/c1-18(19-8-4-2-5-9-19)22-20(26)16-23-12-14-24(15-13-23)17-21(27)25-10-6-3-7-11-25/h2,4-5,8-9,18H,3,6-7,10-17H2,1H3,(H,22,26)/t18-/m0/s1. The molecule has 0 unspecified atom stereocenters. The van der Waals surface area contributed by atoms with Crippen molar-refractivity contribution in [2.75, 3.05) is 52.4 Å². The van der Waals surface area contributed by atoms with Crippen molar-refractivity contribution in [3.8, 4) is 0 Å². The molecule has 2 aliphatic heterocycles. The third-order valence-electron chi connectivity index (χ3n) is 5.58. The van der Waals surface area contributed by atoms with Crippen LogP contribution in [0, 0.1) is 0 Å². The van der Waals surface area contributed by atoms with Gasteiger partial charge in [0, 0.05) is 39.3 Å². The molecule has 2 fully saturated rings. The highest BCUT2D eigenvalue weighted by atomic mass is 16.2. The van der Waals surface area contributed by atoms with Gasteiger partial charge in [-0.25, -0.2) is 0 Å². The third kappa shape index (κ3) is 6.04. The number of nitrogens with zero attached hydrogens (tertiary/aromatic N) is 3. The Hall–Kier alpha value is -1.92. The molecule has 0 radical (unpaired) electrons. The first kappa shape index (κ1) is 19.8. The van der Waals surface area contributed by atoms with Gasteiger partial charge >= 0.3 is 0 Å². The molecule has 2 aliphatic rings. The highest BCUT2D eigenvalue weighted by Crippen LogP contribution is 2.12. The summed E-state index contributed by atoms with van der Waals surface area (Å²) in [6, 6.07) is 10.0. The fraction of sp³-hybridized carbons (Fsp3) is 0.619. The molecule has 1 atom stereocenters. The molecule has 6 heteroatoms. The number of piperidine rings is 1. The predicted octanol–water partition coefficient (Wildman–Crippen LogP) is 1.49. The smallest absolute Gasteiger partial charge is 0.236 e. The van der Waals surface area contributed by atoms with E-state index in [9.17, 15) is 9.59 Å². The van der Waals surface area contributed by atoms with Crippen LogP contribution in [0.1, 0.15) is 37.8 Å². The Kier molecular flexibility index (Phi) is 7.24. The van der Waals surface area contributed by atoms with Gasteiger partial charge in [-0.15, -0.1) is 0 Å². The van der Waals surface area contributed by atoms with E-state index in [4.69, 9.17) is 0 Å². The van der Waals surface area contributed by atoms with Crippen LogP contribution in [-0.4, -0.2) is 78.9 Å². The van der Waals surface area contributed by atoms with E-state index in [0.717, 1.165) is 57.7 Å². The molecule has 27 heavy (non-hydrogen) atoms. The summed E-state index contributed by atoms with van der Waals surface area (Å²) in [5, 5.41) is 3.07. The number of nitrogens with one attached hydrogen (secondary N) is 1. The molecule has 0 saturated carbocycles. The van der Waals surface area contributed by atoms with Gasteiger partial charge in [0.15, 0.2) is 0 Å². The van der Waals surface area contributed by atoms with Crippen molar-refractivity contribution in [2.24, 2.45) is 0 Å². The van der Waals surface area contributed by atoms with Crippen molar-refractivity contribution in [3.05, 3.63) is 35.9 Å². The maximum absolute atomic E-state index is 12.4. The fourth-order valence-electron chi connectivity index (χ4n) is 3.86. The molecule has 0 aliphatic carbocycles. The first-order valence-electron chi connectivity index (χ1n) is 10.2. The summed E-state index contributed by atoms with van der Waals surface area (Å²) < 4.78 is 0. The second kappa shape index (κ2) is 9.85. The molecule has 1 N–H and O–H groups in total. The number of hydrogen-bond donors (Lipinski definition) is 1. The van der Waals surface area contributed by atoms with Gasteiger partial charge in [-0.3, -0.25) is 19.4 Å². The van der Waals surface area contributed by atoms with Crippen molar-refractivity contribution in [1.82, 2.24) is 20.0 Å². The summed E-state index contributed by atoms with van der Waals surface area (Å²) >= 11 is 0. The van der Waals surface area contributed by atoms with Crippen LogP contribution in [-0.2, 0) is 9.59 Å². The van der Waals surface area contributed by atoms with Crippen LogP contribution in [0.25, 0.3) is 0 Å². The van der Waals surface area contributed by atoms with Crippen molar-refractivity contribution < 1.29 is 9.59 Å². The fourth-order valence-corrected chi connectivity index (χ4v) is 3.86. The molecule has 3 rings (SSSR count). The number of carbonyl (C=O) groups excluding carboxylic acids is 2. The highest BCUT2D eigenvalue weighted by Gasteiger charge is 2.23. The van der Waals surface area contributed by atoms with E-state index in [-0.39, 0.29) is 17.9 Å². The predicted molar refractivity (Wildman–Crippen MR) is 106 cm³/mol. The molecule has 1 aromatic rings. The molecule has 2 heterocycles. The summed E-state index contributed by atoms with van der Waals surface area (Å²) in [5.41, 5.74) is 1.12. The number of amides is 2. The van der Waals surface area contributed by atoms with Gasteiger partial charge in [0.05, 0.1) is 19.1 Å². The van der Waals surface area contributed by atoms with Crippen LogP contribution in [0.5, 0.6) is 0 Å². The maximum atomic E-state index is 12.4. The molecule has 6 nitrogen and oxygen atoms in total. The number of rotatable bonds is 6. The molecule has 0 bridgehead atoms. The van der Waals surface area contributed by atoms with Crippen LogP contribution in [0.2, 0.25) is 0 Å². The third-order valence-corrected chi connectivity index (χ3v) is 5.58. The van der Waals surface area contributed by atoms with Gasteiger partial charge in [-0.1, -0.05) is 30.3 Å². The molecule has 2 amide bonds. The quantitative estimate of drug-likeness (QED) is 0.822. The first-order valence-corrected chi connectivity index (χ1v) is 10.2. The minimum Gasteiger partial charge on any atom is -0.348 e. The van der Waals surface area contributed by atoms with Gasteiger partial charge in [0.2, 0.25) is 11.8 Å². The zero-order chi connectivity index (χ0) is 19.1. The Morgan fingerprint density at radius 1 is 0.889 bits per heavy atom. The average molecular weight is 373 g/mol. The lowest BCUT2D eigenvalue weighted by molar-refractivity contribution is -0.134. The zero-order valence-electron chi connectivity index (χ0n) is 16.4. The van der Waals surface area contributed by atoms with Gasteiger partial charge < -0.3 is 10.2 Å². The number of piperazine rings is 1. The zero-order valence-corrected chi connectivity index (χ0v) is 16.4. The number of hydrogen-bond acceptors (Lipinski definition) is 4. The minimum atomic E-state index is 0.0159. The Labute approximate surface area is 162 Å². The number of likely N-dealkylation sites (tertiary alicyclic amines) is 1.